The molecule has 0 aliphatic heterocycles. The third kappa shape index (κ3) is 3.69. The smallest absolute Gasteiger partial charge is 0.223 e. The Morgan fingerprint density at radius 3 is 2.70 bits per heavy atom. The fourth-order valence-electron chi connectivity index (χ4n) is 2.92. The standard InChI is InChI=1S/C19H22N6O2/c1-12-23-17(20-9-10-21-19(26)13-3-4-13)16-11-22-25(18(16)24-12)14-5-7-15(27-2)8-6-14/h5-8,11,13H,3-4,9-10H2,1-2H3,(H,21,26)(H,20,23,24). The zero-order valence-electron chi connectivity index (χ0n) is 15.4. The van der Waals surface area contributed by atoms with Crippen molar-refractivity contribution in [2.75, 3.05) is 25.5 Å². The SMILES string of the molecule is COc1ccc(-n2ncc3c(NCCNC(=O)C4CC4)nc(C)nc32)cc1. The number of hydrogen-bond acceptors (Lipinski definition) is 6. The summed E-state index contributed by atoms with van der Waals surface area (Å²) >= 11 is 0. The highest BCUT2D eigenvalue weighted by Gasteiger charge is 2.29. The van der Waals surface area contributed by atoms with Crippen LogP contribution in [0.25, 0.3) is 16.7 Å². The van der Waals surface area contributed by atoms with Gasteiger partial charge < -0.3 is 15.4 Å². The number of fused-ring (bicyclic) bond motifs is 1. The number of carbonyl (C=O) groups is 1. The summed E-state index contributed by atoms with van der Waals surface area (Å²) in [6.45, 7) is 3.01. The van der Waals surface area contributed by atoms with Gasteiger partial charge in [0.05, 0.1) is 24.4 Å². The number of hydrogen-bond donors (Lipinski definition) is 2. The van der Waals surface area contributed by atoms with E-state index in [0.717, 1.165) is 41.1 Å². The first-order chi connectivity index (χ1) is 13.2. The van der Waals surface area contributed by atoms with E-state index >= 15 is 0 Å². The lowest BCUT2D eigenvalue weighted by Crippen LogP contribution is -2.30. The van der Waals surface area contributed by atoms with Crippen molar-refractivity contribution in [3.05, 3.63) is 36.3 Å². The minimum absolute atomic E-state index is 0.146. The Kier molecular flexibility index (Phi) is 4.62. The summed E-state index contributed by atoms with van der Waals surface area (Å²) in [6, 6.07) is 7.64. The third-order valence-corrected chi connectivity index (χ3v) is 4.52. The van der Waals surface area contributed by atoms with Gasteiger partial charge in [-0.2, -0.15) is 5.10 Å². The van der Waals surface area contributed by atoms with Crippen LogP contribution >= 0.6 is 0 Å². The first kappa shape index (κ1) is 17.3. The molecule has 0 saturated heterocycles. The highest BCUT2D eigenvalue weighted by molar-refractivity contribution is 5.87. The molecular weight excluding hydrogens is 344 g/mol. The molecule has 0 atom stereocenters. The van der Waals surface area contributed by atoms with Crippen LogP contribution < -0.4 is 15.4 Å². The van der Waals surface area contributed by atoms with Gasteiger partial charge in [0, 0.05) is 19.0 Å². The van der Waals surface area contributed by atoms with Crippen LogP contribution in [0.15, 0.2) is 30.5 Å². The van der Waals surface area contributed by atoms with E-state index in [1.54, 1.807) is 18.0 Å². The predicted molar refractivity (Wildman–Crippen MR) is 102 cm³/mol. The molecule has 0 unspecified atom stereocenters. The van der Waals surface area contributed by atoms with Gasteiger partial charge in [-0.1, -0.05) is 0 Å². The Hall–Kier alpha value is -3.16. The van der Waals surface area contributed by atoms with Gasteiger partial charge in [0.15, 0.2) is 5.65 Å². The largest absolute Gasteiger partial charge is 0.497 e. The molecule has 140 valence electrons. The van der Waals surface area contributed by atoms with Crippen LogP contribution in [0.5, 0.6) is 5.75 Å². The van der Waals surface area contributed by atoms with Gasteiger partial charge in [-0.3, -0.25) is 4.79 Å². The second kappa shape index (κ2) is 7.22. The second-order valence-corrected chi connectivity index (χ2v) is 6.60. The van der Waals surface area contributed by atoms with E-state index in [4.69, 9.17) is 4.74 Å². The summed E-state index contributed by atoms with van der Waals surface area (Å²) in [7, 11) is 1.64. The lowest BCUT2D eigenvalue weighted by Gasteiger charge is -2.09. The average Bonchev–Trinajstić information content (AvgIpc) is 3.45. The number of benzene rings is 1. The van der Waals surface area contributed by atoms with Crippen LogP contribution in [0.4, 0.5) is 5.82 Å². The molecule has 1 fully saturated rings. The summed E-state index contributed by atoms with van der Waals surface area (Å²) in [5.41, 5.74) is 1.63. The Morgan fingerprint density at radius 2 is 2.00 bits per heavy atom. The van der Waals surface area contributed by atoms with Gasteiger partial charge in [-0.25, -0.2) is 14.6 Å². The molecule has 2 heterocycles. The maximum atomic E-state index is 11.7. The number of nitrogens with zero attached hydrogens (tertiary/aromatic N) is 4. The minimum Gasteiger partial charge on any atom is -0.497 e. The van der Waals surface area contributed by atoms with E-state index in [1.807, 2.05) is 31.2 Å². The van der Waals surface area contributed by atoms with Crippen molar-refractivity contribution in [3.63, 3.8) is 0 Å². The van der Waals surface area contributed by atoms with Gasteiger partial charge in [0.1, 0.15) is 17.4 Å². The van der Waals surface area contributed by atoms with Crippen molar-refractivity contribution in [2.45, 2.75) is 19.8 Å². The maximum Gasteiger partial charge on any atom is 0.223 e. The van der Waals surface area contributed by atoms with Crippen molar-refractivity contribution >= 4 is 22.8 Å². The number of methoxy groups -OCH3 is 1. The first-order valence-electron chi connectivity index (χ1n) is 9.04. The van der Waals surface area contributed by atoms with Crippen LogP contribution in [0, 0.1) is 12.8 Å². The molecule has 4 rings (SSSR count). The number of ether oxygens (including phenoxy) is 1. The molecule has 1 aromatic carbocycles. The molecule has 1 aliphatic carbocycles. The topological polar surface area (TPSA) is 94.0 Å². The molecule has 0 radical (unpaired) electrons. The normalized spacial score (nSPS) is 13.6. The third-order valence-electron chi connectivity index (χ3n) is 4.52. The Bertz CT molecular complexity index is 962. The molecule has 0 spiro atoms. The first-order valence-corrected chi connectivity index (χ1v) is 9.04. The van der Waals surface area contributed by atoms with E-state index in [2.05, 4.69) is 25.7 Å². The van der Waals surface area contributed by atoms with Gasteiger partial charge in [0.25, 0.3) is 0 Å². The van der Waals surface area contributed by atoms with Crippen molar-refractivity contribution in [3.8, 4) is 11.4 Å². The lowest BCUT2D eigenvalue weighted by atomic mass is 10.3. The van der Waals surface area contributed by atoms with Gasteiger partial charge >= 0.3 is 0 Å². The number of aromatic nitrogens is 4. The summed E-state index contributed by atoms with van der Waals surface area (Å²) in [5.74, 6) is 2.53. The summed E-state index contributed by atoms with van der Waals surface area (Å²) in [6.07, 6.45) is 3.77. The number of nitrogens with one attached hydrogen (secondary N) is 2. The maximum absolute atomic E-state index is 11.7. The van der Waals surface area contributed by atoms with Crippen LogP contribution in [-0.4, -0.2) is 45.9 Å². The number of anilines is 1. The van der Waals surface area contributed by atoms with E-state index in [-0.39, 0.29) is 11.8 Å². The minimum atomic E-state index is 0.146. The molecule has 1 amide bonds. The van der Waals surface area contributed by atoms with Crippen LogP contribution in [0.1, 0.15) is 18.7 Å². The fourth-order valence-corrected chi connectivity index (χ4v) is 2.92. The van der Waals surface area contributed by atoms with Crippen LogP contribution in [0.2, 0.25) is 0 Å². The van der Waals surface area contributed by atoms with E-state index in [0.29, 0.717) is 18.9 Å². The zero-order chi connectivity index (χ0) is 18.8. The van der Waals surface area contributed by atoms with Crippen LogP contribution in [0.3, 0.4) is 0 Å². The van der Waals surface area contributed by atoms with Crippen LogP contribution in [-0.2, 0) is 4.79 Å². The highest BCUT2D eigenvalue weighted by atomic mass is 16.5. The summed E-state index contributed by atoms with van der Waals surface area (Å²) in [4.78, 5) is 20.7. The van der Waals surface area contributed by atoms with Crippen molar-refractivity contribution in [1.29, 1.82) is 0 Å². The number of aryl methyl sites for hydroxylation is 1. The Labute approximate surface area is 157 Å². The molecular formula is C19H22N6O2. The van der Waals surface area contributed by atoms with E-state index < -0.39 is 0 Å². The zero-order valence-corrected chi connectivity index (χ0v) is 15.4. The van der Waals surface area contributed by atoms with Crippen molar-refractivity contribution < 1.29 is 9.53 Å². The summed E-state index contributed by atoms with van der Waals surface area (Å²) < 4.78 is 6.99. The second-order valence-electron chi connectivity index (χ2n) is 6.60. The fraction of sp³-hybridized carbons (Fsp3) is 0.368. The monoisotopic (exact) mass is 366 g/mol. The van der Waals surface area contributed by atoms with Crippen molar-refractivity contribution in [2.24, 2.45) is 5.92 Å². The lowest BCUT2D eigenvalue weighted by molar-refractivity contribution is -0.122. The molecule has 8 heteroatoms. The van der Waals surface area contributed by atoms with Gasteiger partial charge in [-0.05, 0) is 44.0 Å². The number of amides is 1. The number of carbonyl (C=O) groups excluding carboxylic acids is 1. The quantitative estimate of drug-likeness (QED) is 0.622. The molecule has 0 bridgehead atoms. The Morgan fingerprint density at radius 1 is 1.22 bits per heavy atom. The number of rotatable bonds is 7. The Balaban J connectivity index is 1.53. The van der Waals surface area contributed by atoms with E-state index in [1.165, 1.54) is 0 Å². The molecule has 3 aromatic rings. The molecule has 1 saturated carbocycles. The van der Waals surface area contributed by atoms with E-state index in [9.17, 15) is 4.79 Å². The highest BCUT2D eigenvalue weighted by Crippen LogP contribution is 2.28. The molecule has 2 N–H and O–H groups in total. The van der Waals surface area contributed by atoms with Crippen molar-refractivity contribution in [1.82, 2.24) is 25.1 Å². The predicted octanol–water partition coefficient (Wildman–Crippen LogP) is 2.07. The molecule has 27 heavy (non-hydrogen) atoms. The van der Waals surface area contributed by atoms with Gasteiger partial charge in [-0.15, -0.1) is 0 Å². The molecule has 1 aliphatic rings. The van der Waals surface area contributed by atoms with Gasteiger partial charge in [0.2, 0.25) is 5.91 Å². The molecule has 2 aromatic heterocycles. The summed E-state index contributed by atoms with van der Waals surface area (Å²) in [5, 5.41) is 11.5. The average molecular weight is 366 g/mol. The molecule has 8 nitrogen and oxygen atoms in total.